The lowest BCUT2D eigenvalue weighted by atomic mass is 10.1. The molecule has 1 aromatic carbocycles. The fraction of sp³-hybridized carbons (Fsp3) is 0.176. The van der Waals surface area contributed by atoms with E-state index < -0.39 is 12.1 Å². The molecule has 5 heteroatoms. The minimum atomic E-state index is -1.04. The fourth-order valence-corrected chi connectivity index (χ4v) is 1.77. The third kappa shape index (κ3) is 4.09. The summed E-state index contributed by atoms with van der Waals surface area (Å²) in [6.45, 7) is 3.22. The summed E-state index contributed by atoms with van der Waals surface area (Å²) in [5, 5.41) is 8.82. The summed E-state index contributed by atoms with van der Waals surface area (Å²) in [5.41, 5.74) is 0.728. The summed E-state index contributed by atoms with van der Waals surface area (Å²) in [7, 11) is 0. The molecule has 0 aliphatic rings. The molecule has 5 nitrogen and oxygen atoms in total. The Labute approximate surface area is 127 Å². The topological polar surface area (TPSA) is 76.7 Å². The van der Waals surface area contributed by atoms with Crippen LogP contribution >= 0.6 is 0 Å². The van der Waals surface area contributed by atoms with Crippen LogP contribution in [-0.4, -0.2) is 23.0 Å². The molecule has 1 aromatic heterocycles. The van der Waals surface area contributed by atoms with Crippen LogP contribution in [0.5, 0.6) is 5.75 Å². The Morgan fingerprint density at radius 3 is 2.68 bits per heavy atom. The maximum absolute atomic E-state index is 11.9. The standard InChI is InChI=1S/C17H16O5/c1-11-6-9-16(21-11)15(18)8-7-13-4-3-5-14(10-13)22-12(2)17(19)20/h3-10,12H,1-2H3,(H,19,20)/b8-7+/t12-/m1/s1. The summed E-state index contributed by atoms with van der Waals surface area (Å²) in [4.78, 5) is 22.7. The number of ketones is 1. The number of rotatable bonds is 6. The van der Waals surface area contributed by atoms with E-state index in [1.54, 1.807) is 49.4 Å². The lowest BCUT2D eigenvalue weighted by molar-refractivity contribution is -0.144. The summed E-state index contributed by atoms with van der Waals surface area (Å²) in [5.74, 6) is 0.108. The quantitative estimate of drug-likeness (QED) is 0.654. The third-order valence-electron chi connectivity index (χ3n) is 2.93. The van der Waals surface area contributed by atoms with Crippen LogP contribution in [0.2, 0.25) is 0 Å². The van der Waals surface area contributed by atoms with Gasteiger partial charge in [0.2, 0.25) is 5.78 Å². The molecule has 0 aliphatic carbocycles. The summed E-state index contributed by atoms with van der Waals surface area (Å²) in [6.07, 6.45) is 2.09. The number of aryl methyl sites for hydroxylation is 1. The average molecular weight is 300 g/mol. The summed E-state index contributed by atoms with van der Waals surface area (Å²) < 4.78 is 10.5. The van der Waals surface area contributed by atoms with Crippen LogP contribution in [0, 0.1) is 6.92 Å². The molecule has 0 radical (unpaired) electrons. The van der Waals surface area contributed by atoms with Crippen molar-refractivity contribution in [1.82, 2.24) is 0 Å². The minimum absolute atomic E-state index is 0.238. The molecule has 0 fully saturated rings. The van der Waals surface area contributed by atoms with Crippen LogP contribution in [0.3, 0.4) is 0 Å². The van der Waals surface area contributed by atoms with Crippen molar-refractivity contribution >= 4 is 17.8 Å². The highest BCUT2D eigenvalue weighted by Crippen LogP contribution is 2.17. The SMILES string of the molecule is Cc1ccc(C(=O)/C=C/c2cccc(O[C@H](C)C(=O)O)c2)o1. The monoisotopic (exact) mass is 300 g/mol. The van der Waals surface area contributed by atoms with E-state index in [0.717, 1.165) is 5.56 Å². The predicted octanol–water partition coefficient (Wildman–Crippen LogP) is 3.34. The Bertz CT molecular complexity index is 711. The van der Waals surface area contributed by atoms with Gasteiger partial charge >= 0.3 is 5.97 Å². The van der Waals surface area contributed by atoms with Gasteiger partial charge in [0.05, 0.1) is 0 Å². The number of hydrogen-bond donors (Lipinski definition) is 1. The number of carbonyl (C=O) groups is 2. The second-order valence-corrected chi connectivity index (χ2v) is 4.78. The first kappa shape index (κ1) is 15.6. The van der Waals surface area contributed by atoms with E-state index in [1.165, 1.54) is 13.0 Å². The van der Waals surface area contributed by atoms with Gasteiger partial charge in [0.1, 0.15) is 11.5 Å². The molecular formula is C17H16O5. The van der Waals surface area contributed by atoms with E-state index in [-0.39, 0.29) is 11.5 Å². The van der Waals surface area contributed by atoms with Crippen LogP contribution in [0.15, 0.2) is 46.9 Å². The zero-order chi connectivity index (χ0) is 16.1. The van der Waals surface area contributed by atoms with Crippen molar-refractivity contribution in [2.45, 2.75) is 20.0 Å². The summed E-state index contributed by atoms with van der Waals surface area (Å²) in [6, 6.07) is 10.2. The zero-order valence-corrected chi connectivity index (χ0v) is 12.3. The molecule has 0 saturated heterocycles. The zero-order valence-electron chi connectivity index (χ0n) is 12.3. The van der Waals surface area contributed by atoms with Crippen molar-refractivity contribution < 1.29 is 23.8 Å². The molecule has 0 spiro atoms. The van der Waals surface area contributed by atoms with E-state index in [2.05, 4.69) is 0 Å². The third-order valence-corrected chi connectivity index (χ3v) is 2.93. The van der Waals surface area contributed by atoms with E-state index >= 15 is 0 Å². The van der Waals surface area contributed by atoms with Crippen molar-refractivity contribution in [3.63, 3.8) is 0 Å². The second-order valence-electron chi connectivity index (χ2n) is 4.78. The predicted molar refractivity (Wildman–Crippen MR) is 81.0 cm³/mol. The lowest BCUT2D eigenvalue weighted by Crippen LogP contribution is -2.22. The van der Waals surface area contributed by atoms with Crippen LogP contribution in [-0.2, 0) is 4.79 Å². The minimum Gasteiger partial charge on any atom is -0.479 e. The largest absolute Gasteiger partial charge is 0.479 e. The van der Waals surface area contributed by atoms with Crippen LogP contribution in [0.25, 0.3) is 6.08 Å². The number of carboxylic acid groups (broad SMARTS) is 1. The van der Waals surface area contributed by atoms with Crippen molar-refractivity contribution in [1.29, 1.82) is 0 Å². The number of carbonyl (C=O) groups excluding carboxylic acids is 1. The Kier molecular flexibility index (Phi) is 4.78. The second kappa shape index (κ2) is 6.76. The normalized spacial score (nSPS) is 12.3. The average Bonchev–Trinajstić information content (AvgIpc) is 2.91. The van der Waals surface area contributed by atoms with Crippen LogP contribution in [0.4, 0.5) is 0 Å². The Hall–Kier alpha value is -2.82. The molecule has 114 valence electrons. The van der Waals surface area contributed by atoms with Crippen LogP contribution in [0.1, 0.15) is 28.8 Å². The fourth-order valence-electron chi connectivity index (χ4n) is 1.77. The Balaban J connectivity index is 2.08. The highest BCUT2D eigenvalue weighted by molar-refractivity contribution is 6.04. The number of benzene rings is 1. The van der Waals surface area contributed by atoms with Gasteiger partial charge < -0.3 is 14.3 Å². The Morgan fingerprint density at radius 2 is 2.05 bits per heavy atom. The molecule has 0 unspecified atom stereocenters. The highest BCUT2D eigenvalue weighted by atomic mass is 16.5. The molecule has 0 bridgehead atoms. The number of allylic oxidation sites excluding steroid dienone is 1. The lowest BCUT2D eigenvalue weighted by Gasteiger charge is -2.10. The molecule has 0 saturated carbocycles. The maximum Gasteiger partial charge on any atom is 0.344 e. The molecule has 0 aliphatic heterocycles. The highest BCUT2D eigenvalue weighted by Gasteiger charge is 2.12. The number of ether oxygens (including phenoxy) is 1. The van der Waals surface area contributed by atoms with E-state index in [4.69, 9.17) is 14.3 Å². The van der Waals surface area contributed by atoms with Crippen molar-refractivity contribution in [3.05, 3.63) is 59.6 Å². The molecule has 2 rings (SSSR count). The molecule has 1 N–H and O–H groups in total. The van der Waals surface area contributed by atoms with Crippen molar-refractivity contribution in [2.75, 3.05) is 0 Å². The number of carboxylic acids is 1. The van der Waals surface area contributed by atoms with Gasteiger partial charge in [-0.2, -0.15) is 0 Å². The summed E-state index contributed by atoms with van der Waals surface area (Å²) >= 11 is 0. The first-order valence-electron chi connectivity index (χ1n) is 6.74. The molecule has 0 amide bonds. The Morgan fingerprint density at radius 1 is 1.27 bits per heavy atom. The molecule has 22 heavy (non-hydrogen) atoms. The van der Waals surface area contributed by atoms with Gasteiger partial charge in [-0.05, 0) is 49.8 Å². The van der Waals surface area contributed by atoms with E-state index in [9.17, 15) is 9.59 Å². The van der Waals surface area contributed by atoms with E-state index in [0.29, 0.717) is 11.5 Å². The van der Waals surface area contributed by atoms with Gasteiger partial charge in [-0.1, -0.05) is 18.2 Å². The van der Waals surface area contributed by atoms with Gasteiger partial charge in [-0.15, -0.1) is 0 Å². The first-order valence-corrected chi connectivity index (χ1v) is 6.74. The van der Waals surface area contributed by atoms with Crippen LogP contribution < -0.4 is 4.74 Å². The van der Waals surface area contributed by atoms with Gasteiger partial charge in [0.25, 0.3) is 0 Å². The number of hydrogen-bond acceptors (Lipinski definition) is 4. The smallest absolute Gasteiger partial charge is 0.344 e. The van der Waals surface area contributed by atoms with Gasteiger partial charge in [-0.25, -0.2) is 4.79 Å². The first-order chi connectivity index (χ1) is 10.5. The number of furan rings is 1. The van der Waals surface area contributed by atoms with E-state index in [1.807, 2.05) is 0 Å². The molecular weight excluding hydrogens is 284 g/mol. The molecule has 1 atom stereocenters. The van der Waals surface area contributed by atoms with Gasteiger partial charge in [0.15, 0.2) is 11.9 Å². The van der Waals surface area contributed by atoms with Crippen molar-refractivity contribution in [2.24, 2.45) is 0 Å². The number of aliphatic carboxylic acids is 1. The van der Waals surface area contributed by atoms with Gasteiger partial charge in [0, 0.05) is 0 Å². The maximum atomic E-state index is 11.9. The van der Waals surface area contributed by atoms with Gasteiger partial charge in [-0.3, -0.25) is 4.79 Å². The molecule has 2 aromatic rings. The molecule has 1 heterocycles. The van der Waals surface area contributed by atoms with Crippen molar-refractivity contribution in [3.8, 4) is 5.75 Å².